The number of aromatic nitrogens is 3. The van der Waals surface area contributed by atoms with Crippen LogP contribution in [0.5, 0.6) is 5.75 Å². The summed E-state index contributed by atoms with van der Waals surface area (Å²) in [6.07, 6.45) is 4.14. The molecule has 0 atom stereocenters. The van der Waals surface area contributed by atoms with Crippen LogP contribution in [0.15, 0.2) is 29.4 Å². The summed E-state index contributed by atoms with van der Waals surface area (Å²) >= 11 is 8.75. The van der Waals surface area contributed by atoms with Gasteiger partial charge in [0.2, 0.25) is 5.91 Å². The van der Waals surface area contributed by atoms with Crippen LogP contribution in [0.3, 0.4) is 0 Å². The summed E-state index contributed by atoms with van der Waals surface area (Å²) < 4.78 is 7.70. The number of hydrogen-bond donors (Lipinski definition) is 1. The van der Waals surface area contributed by atoms with Crippen molar-refractivity contribution >= 4 is 45.6 Å². The predicted octanol–water partition coefficient (Wildman–Crippen LogP) is 5.07. The largest absolute Gasteiger partial charge is 0.486 e. The fraction of sp³-hybridized carbons (Fsp3) is 0.364. The molecule has 0 spiro atoms. The second-order valence-electron chi connectivity index (χ2n) is 7.25. The number of halogens is 1. The summed E-state index contributed by atoms with van der Waals surface area (Å²) in [5.74, 6) is 1.40. The molecule has 7 nitrogen and oxygen atoms in total. The van der Waals surface area contributed by atoms with Gasteiger partial charge in [-0.2, -0.15) is 5.26 Å². The number of nitriles is 1. The van der Waals surface area contributed by atoms with Gasteiger partial charge in [0, 0.05) is 16.4 Å². The zero-order chi connectivity index (χ0) is 22.5. The molecule has 10 heteroatoms. The number of amides is 1. The van der Waals surface area contributed by atoms with E-state index in [4.69, 9.17) is 16.3 Å². The summed E-state index contributed by atoms with van der Waals surface area (Å²) in [7, 11) is 0. The standard InChI is InChI=1S/C22H22ClN5O2S2/c1-2-28-19(12-30-15-9-7-14(23)8-10-15)26-27-22(28)31-13-20(29)25-21-17(11-24)16-5-3-4-6-18(16)32-21/h7-10H,2-6,12-13H2,1H3,(H,25,29). The van der Waals surface area contributed by atoms with Crippen molar-refractivity contribution in [1.82, 2.24) is 14.8 Å². The van der Waals surface area contributed by atoms with Gasteiger partial charge in [0.25, 0.3) is 0 Å². The van der Waals surface area contributed by atoms with E-state index in [1.807, 2.05) is 11.5 Å². The molecular formula is C22H22ClN5O2S2. The molecule has 0 bridgehead atoms. The minimum absolute atomic E-state index is 0.158. The zero-order valence-electron chi connectivity index (χ0n) is 17.6. The number of ether oxygens (including phenoxy) is 1. The maximum atomic E-state index is 12.6. The number of rotatable bonds is 8. The molecule has 4 rings (SSSR count). The molecule has 0 radical (unpaired) electrons. The smallest absolute Gasteiger partial charge is 0.235 e. The molecule has 1 N–H and O–H groups in total. The highest BCUT2D eigenvalue weighted by Gasteiger charge is 2.22. The summed E-state index contributed by atoms with van der Waals surface area (Å²) in [6, 6.07) is 9.41. The van der Waals surface area contributed by atoms with Gasteiger partial charge in [-0.15, -0.1) is 21.5 Å². The fourth-order valence-corrected chi connectivity index (χ4v) is 5.80. The maximum absolute atomic E-state index is 12.6. The van der Waals surface area contributed by atoms with E-state index in [0.717, 1.165) is 31.2 Å². The van der Waals surface area contributed by atoms with Crippen LogP contribution in [0, 0.1) is 11.3 Å². The highest BCUT2D eigenvalue weighted by Crippen LogP contribution is 2.37. The number of hydrogen-bond acceptors (Lipinski definition) is 7. The summed E-state index contributed by atoms with van der Waals surface area (Å²) in [4.78, 5) is 13.8. The minimum Gasteiger partial charge on any atom is -0.486 e. The van der Waals surface area contributed by atoms with Gasteiger partial charge in [-0.05, 0) is 62.4 Å². The van der Waals surface area contributed by atoms with Crippen molar-refractivity contribution in [3.63, 3.8) is 0 Å². The average molecular weight is 488 g/mol. The fourth-order valence-electron chi connectivity index (χ4n) is 3.59. The summed E-state index contributed by atoms with van der Waals surface area (Å²) in [5, 5.41) is 22.9. The van der Waals surface area contributed by atoms with Crippen molar-refractivity contribution < 1.29 is 9.53 Å². The van der Waals surface area contributed by atoms with Crippen molar-refractivity contribution in [2.75, 3.05) is 11.1 Å². The van der Waals surface area contributed by atoms with Crippen LogP contribution in [-0.4, -0.2) is 26.4 Å². The van der Waals surface area contributed by atoms with Crippen LogP contribution >= 0.6 is 34.7 Å². The van der Waals surface area contributed by atoms with E-state index in [2.05, 4.69) is 21.6 Å². The van der Waals surface area contributed by atoms with Crippen molar-refractivity contribution in [2.45, 2.75) is 50.9 Å². The highest BCUT2D eigenvalue weighted by atomic mass is 35.5. The first-order chi connectivity index (χ1) is 15.6. The minimum atomic E-state index is -0.158. The number of nitrogens with one attached hydrogen (secondary N) is 1. The van der Waals surface area contributed by atoms with E-state index in [-0.39, 0.29) is 18.3 Å². The maximum Gasteiger partial charge on any atom is 0.235 e. The summed E-state index contributed by atoms with van der Waals surface area (Å²) in [5.41, 5.74) is 1.74. The van der Waals surface area contributed by atoms with Gasteiger partial charge in [-0.3, -0.25) is 4.79 Å². The van der Waals surface area contributed by atoms with Crippen LogP contribution in [0.1, 0.15) is 41.6 Å². The number of carbonyl (C=O) groups excluding carboxylic acids is 1. The Morgan fingerprint density at radius 3 is 2.84 bits per heavy atom. The number of thiophene rings is 1. The van der Waals surface area contributed by atoms with Crippen LogP contribution in [0.2, 0.25) is 5.02 Å². The molecule has 0 saturated heterocycles. The molecule has 0 aliphatic heterocycles. The molecule has 166 valence electrons. The third kappa shape index (κ3) is 5.09. The van der Waals surface area contributed by atoms with Crippen LogP contribution in [-0.2, 0) is 30.8 Å². The Kier molecular flexibility index (Phi) is 7.35. The lowest BCUT2D eigenvalue weighted by Crippen LogP contribution is -2.15. The van der Waals surface area contributed by atoms with Crippen LogP contribution in [0.4, 0.5) is 5.00 Å². The number of benzene rings is 1. The number of nitrogens with zero attached hydrogens (tertiary/aromatic N) is 4. The zero-order valence-corrected chi connectivity index (χ0v) is 19.9. The first kappa shape index (κ1) is 22.6. The van der Waals surface area contributed by atoms with Crippen molar-refractivity contribution in [1.29, 1.82) is 5.26 Å². The quantitative estimate of drug-likeness (QED) is 0.446. The molecule has 32 heavy (non-hydrogen) atoms. The molecule has 0 unspecified atom stereocenters. The number of carbonyl (C=O) groups is 1. The molecule has 2 heterocycles. The Morgan fingerprint density at radius 1 is 1.31 bits per heavy atom. The second kappa shape index (κ2) is 10.4. The Bertz CT molecular complexity index is 1150. The number of aryl methyl sites for hydroxylation is 1. The van der Waals surface area contributed by atoms with Crippen molar-refractivity contribution in [2.24, 2.45) is 0 Å². The molecule has 3 aromatic rings. The SMILES string of the molecule is CCn1c(COc2ccc(Cl)cc2)nnc1SCC(=O)Nc1sc2c(c1C#N)CCCC2. The Hall–Kier alpha value is -2.54. The lowest BCUT2D eigenvalue weighted by atomic mass is 9.96. The Labute approximate surface area is 199 Å². The molecule has 1 aliphatic carbocycles. The van der Waals surface area contributed by atoms with Gasteiger partial charge >= 0.3 is 0 Å². The van der Waals surface area contributed by atoms with E-state index in [9.17, 15) is 10.1 Å². The van der Waals surface area contributed by atoms with Crippen molar-refractivity contribution in [3.8, 4) is 11.8 Å². The average Bonchev–Trinajstić information content (AvgIpc) is 3.36. The normalized spacial score (nSPS) is 12.8. The molecule has 1 aromatic carbocycles. The second-order valence-corrected chi connectivity index (χ2v) is 9.73. The van der Waals surface area contributed by atoms with E-state index in [0.29, 0.717) is 38.9 Å². The Balaban J connectivity index is 1.36. The van der Waals surface area contributed by atoms with E-state index in [1.165, 1.54) is 28.0 Å². The van der Waals surface area contributed by atoms with E-state index >= 15 is 0 Å². The first-order valence-electron chi connectivity index (χ1n) is 10.4. The highest BCUT2D eigenvalue weighted by molar-refractivity contribution is 7.99. The monoisotopic (exact) mass is 487 g/mol. The lowest BCUT2D eigenvalue weighted by Gasteiger charge is -2.09. The molecule has 0 saturated carbocycles. The van der Waals surface area contributed by atoms with Gasteiger partial charge in [0.15, 0.2) is 11.0 Å². The van der Waals surface area contributed by atoms with Crippen LogP contribution in [0.25, 0.3) is 0 Å². The molecule has 2 aromatic heterocycles. The first-order valence-corrected chi connectivity index (χ1v) is 12.5. The number of anilines is 1. The molecule has 1 aliphatic rings. The third-order valence-corrected chi connectivity index (χ3v) is 7.59. The van der Waals surface area contributed by atoms with Gasteiger partial charge < -0.3 is 14.6 Å². The Morgan fingerprint density at radius 2 is 2.09 bits per heavy atom. The van der Waals surface area contributed by atoms with Gasteiger partial charge in [0.1, 0.15) is 23.4 Å². The predicted molar refractivity (Wildman–Crippen MR) is 127 cm³/mol. The number of thioether (sulfide) groups is 1. The molecule has 1 amide bonds. The van der Waals surface area contributed by atoms with Crippen molar-refractivity contribution in [3.05, 3.63) is 51.1 Å². The third-order valence-electron chi connectivity index (χ3n) is 5.16. The topological polar surface area (TPSA) is 92.8 Å². The molecule has 0 fully saturated rings. The van der Waals surface area contributed by atoms with E-state index < -0.39 is 0 Å². The van der Waals surface area contributed by atoms with Gasteiger partial charge in [0.05, 0.1) is 11.3 Å². The van der Waals surface area contributed by atoms with Crippen LogP contribution < -0.4 is 10.1 Å². The lowest BCUT2D eigenvalue weighted by molar-refractivity contribution is -0.113. The van der Waals surface area contributed by atoms with E-state index in [1.54, 1.807) is 24.3 Å². The van der Waals surface area contributed by atoms with Gasteiger partial charge in [-0.1, -0.05) is 23.4 Å². The van der Waals surface area contributed by atoms with Gasteiger partial charge in [-0.25, -0.2) is 0 Å². The number of fused-ring (bicyclic) bond motifs is 1. The summed E-state index contributed by atoms with van der Waals surface area (Å²) in [6.45, 7) is 2.92. The molecular weight excluding hydrogens is 466 g/mol.